The zero-order valence-corrected chi connectivity index (χ0v) is 11.3. The van der Waals surface area contributed by atoms with Crippen molar-refractivity contribution in [3.63, 3.8) is 0 Å². The van der Waals surface area contributed by atoms with Crippen LogP contribution in [-0.2, 0) is 4.79 Å². The Bertz CT molecular complexity index is 538. The Morgan fingerprint density at radius 1 is 1.45 bits per heavy atom. The largest absolute Gasteiger partial charge is 0.370 e. The lowest BCUT2D eigenvalue weighted by Gasteiger charge is -2.23. The van der Waals surface area contributed by atoms with E-state index in [1.807, 2.05) is 11.0 Å². The molecule has 1 aliphatic rings. The van der Waals surface area contributed by atoms with Gasteiger partial charge in [0.2, 0.25) is 5.91 Å². The fourth-order valence-corrected chi connectivity index (χ4v) is 2.73. The number of hydrogen-bond donors (Lipinski definition) is 1. The van der Waals surface area contributed by atoms with Crippen LogP contribution in [0.25, 0.3) is 0 Å². The van der Waals surface area contributed by atoms with E-state index < -0.39 is 0 Å². The highest BCUT2D eigenvalue weighted by atomic mass is 19.1. The second-order valence-corrected chi connectivity index (χ2v) is 5.23. The molecule has 1 aliphatic heterocycles. The molecule has 1 aromatic rings. The van der Waals surface area contributed by atoms with E-state index in [0.717, 1.165) is 25.8 Å². The van der Waals surface area contributed by atoms with Gasteiger partial charge in [-0.2, -0.15) is 5.26 Å². The summed E-state index contributed by atoms with van der Waals surface area (Å²) in [4.78, 5) is 13.0. The molecule has 0 saturated carbocycles. The number of nitrogens with zero attached hydrogens (tertiary/aromatic N) is 2. The Labute approximate surface area is 118 Å². The molecule has 0 aliphatic carbocycles. The molecule has 1 unspecified atom stereocenters. The van der Waals surface area contributed by atoms with Gasteiger partial charge in [-0.3, -0.25) is 4.79 Å². The zero-order chi connectivity index (χ0) is 14.5. The number of halogens is 1. The van der Waals surface area contributed by atoms with Gasteiger partial charge >= 0.3 is 0 Å². The van der Waals surface area contributed by atoms with Crippen molar-refractivity contribution >= 4 is 11.6 Å². The van der Waals surface area contributed by atoms with Crippen LogP contribution in [0.2, 0.25) is 0 Å². The van der Waals surface area contributed by atoms with Crippen LogP contribution in [0.3, 0.4) is 0 Å². The molecule has 1 amide bonds. The molecular formula is C15H18FN3O. The van der Waals surface area contributed by atoms with Crippen LogP contribution in [0.1, 0.15) is 31.2 Å². The highest BCUT2D eigenvalue weighted by molar-refractivity contribution is 5.74. The van der Waals surface area contributed by atoms with E-state index in [1.54, 1.807) is 12.1 Å². The number of nitrogens with two attached hydrogens (primary N) is 1. The molecule has 0 spiro atoms. The Hall–Kier alpha value is -2.09. The Morgan fingerprint density at radius 2 is 2.25 bits per heavy atom. The molecule has 1 atom stereocenters. The first-order valence-corrected chi connectivity index (χ1v) is 6.83. The number of nitriles is 1. The summed E-state index contributed by atoms with van der Waals surface area (Å²) in [6, 6.07) is 6.48. The molecule has 0 bridgehead atoms. The van der Waals surface area contributed by atoms with Crippen molar-refractivity contribution < 1.29 is 9.18 Å². The lowest BCUT2D eigenvalue weighted by Crippen LogP contribution is -2.25. The van der Waals surface area contributed by atoms with E-state index >= 15 is 0 Å². The van der Waals surface area contributed by atoms with Crippen molar-refractivity contribution in [3.05, 3.63) is 29.6 Å². The van der Waals surface area contributed by atoms with Crippen LogP contribution in [0.15, 0.2) is 18.2 Å². The number of benzene rings is 1. The van der Waals surface area contributed by atoms with Gasteiger partial charge in [0.05, 0.1) is 17.3 Å². The van der Waals surface area contributed by atoms with Crippen molar-refractivity contribution in [1.29, 1.82) is 5.26 Å². The molecule has 1 fully saturated rings. The van der Waals surface area contributed by atoms with Crippen LogP contribution in [0, 0.1) is 23.1 Å². The maximum absolute atomic E-state index is 14.0. The maximum atomic E-state index is 14.0. The van der Waals surface area contributed by atoms with E-state index in [4.69, 9.17) is 11.0 Å². The van der Waals surface area contributed by atoms with Crippen LogP contribution >= 0.6 is 0 Å². The molecular weight excluding hydrogens is 257 g/mol. The molecule has 5 heteroatoms. The van der Waals surface area contributed by atoms with Crippen molar-refractivity contribution in [1.82, 2.24) is 0 Å². The van der Waals surface area contributed by atoms with Crippen molar-refractivity contribution in [2.45, 2.75) is 25.7 Å². The number of anilines is 1. The summed E-state index contributed by atoms with van der Waals surface area (Å²) in [6.45, 7) is 1.47. The van der Waals surface area contributed by atoms with Crippen molar-refractivity contribution in [2.75, 3.05) is 18.0 Å². The van der Waals surface area contributed by atoms with Crippen LogP contribution in [0.5, 0.6) is 0 Å². The van der Waals surface area contributed by atoms with Gasteiger partial charge in [0, 0.05) is 19.5 Å². The van der Waals surface area contributed by atoms with E-state index in [0.29, 0.717) is 30.1 Å². The third-order valence-electron chi connectivity index (χ3n) is 3.75. The van der Waals surface area contributed by atoms with Gasteiger partial charge in [-0.15, -0.1) is 0 Å². The van der Waals surface area contributed by atoms with Gasteiger partial charge in [-0.1, -0.05) is 0 Å². The van der Waals surface area contributed by atoms with Gasteiger partial charge in [0.25, 0.3) is 0 Å². The first-order valence-electron chi connectivity index (χ1n) is 6.83. The first-order chi connectivity index (χ1) is 9.60. The van der Waals surface area contributed by atoms with Crippen LogP contribution in [0.4, 0.5) is 10.1 Å². The Kier molecular flexibility index (Phi) is 4.57. The lowest BCUT2D eigenvalue weighted by molar-refractivity contribution is -0.118. The Morgan fingerprint density at radius 3 is 2.90 bits per heavy atom. The molecule has 1 saturated heterocycles. The smallest absolute Gasteiger partial charge is 0.217 e. The highest BCUT2D eigenvalue weighted by Crippen LogP contribution is 2.26. The molecule has 0 radical (unpaired) electrons. The minimum atomic E-state index is -0.364. The van der Waals surface area contributed by atoms with Crippen LogP contribution < -0.4 is 10.6 Å². The summed E-state index contributed by atoms with van der Waals surface area (Å²) >= 11 is 0. The van der Waals surface area contributed by atoms with Gasteiger partial charge in [0.1, 0.15) is 5.82 Å². The molecule has 106 valence electrons. The number of hydrogen-bond acceptors (Lipinski definition) is 3. The van der Waals surface area contributed by atoms with Gasteiger partial charge in [-0.05, 0) is 43.4 Å². The quantitative estimate of drug-likeness (QED) is 0.919. The summed E-state index contributed by atoms with van der Waals surface area (Å²) in [7, 11) is 0. The average molecular weight is 275 g/mol. The fraction of sp³-hybridized carbons (Fsp3) is 0.467. The molecule has 0 aromatic heterocycles. The molecule has 20 heavy (non-hydrogen) atoms. The van der Waals surface area contributed by atoms with Crippen molar-refractivity contribution in [3.8, 4) is 6.07 Å². The lowest BCUT2D eigenvalue weighted by atomic mass is 9.97. The molecule has 2 rings (SSSR count). The predicted molar refractivity (Wildman–Crippen MR) is 74.5 cm³/mol. The number of rotatable bonds is 3. The minimum Gasteiger partial charge on any atom is -0.370 e. The van der Waals surface area contributed by atoms with Crippen molar-refractivity contribution in [2.24, 2.45) is 11.7 Å². The van der Waals surface area contributed by atoms with E-state index in [-0.39, 0.29) is 11.7 Å². The average Bonchev–Trinajstić information content (AvgIpc) is 2.63. The van der Waals surface area contributed by atoms with E-state index in [2.05, 4.69) is 0 Å². The summed E-state index contributed by atoms with van der Waals surface area (Å²) < 4.78 is 14.0. The molecule has 1 aromatic carbocycles. The monoisotopic (exact) mass is 275 g/mol. The number of carbonyl (C=O) groups is 1. The second-order valence-electron chi connectivity index (χ2n) is 5.23. The number of primary amides is 1. The predicted octanol–water partition coefficient (Wildman–Crippen LogP) is 2.18. The third-order valence-corrected chi connectivity index (χ3v) is 3.75. The SMILES string of the molecule is N#Cc1ccc(N2CCCC(CC(N)=O)CC2)c(F)c1. The van der Waals surface area contributed by atoms with Gasteiger partial charge in [0.15, 0.2) is 0 Å². The molecule has 2 N–H and O–H groups in total. The van der Waals surface area contributed by atoms with Crippen LogP contribution in [-0.4, -0.2) is 19.0 Å². The summed E-state index contributed by atoms with van der Waals surface area (Å²) in [5.41, 5.74) is 6.09. The summed E-state index contributed by atoms with van der Waals surface area (Å²) in [6.07, 6.45) is 3.10. The topological polar surface area (TPSA) is 70.1 Å². The standard InChI is InChI=1S/C15H18FN3O/c16-13-8-12(10-17)3-4-14(13)19-6-1-2-11(5-7-19)9-15(18)20/h3-4,8,11H,1-2,5-7,9H2,(H2,18,20). The zero-order valence-electron chi connectivity index (χ0n) is 11.3. The molecule has 1 heterocycles. The highest BCUT2D eigenvalue weighted by Gasteiger charge is 2.20. The Balaban J connectivity index is 2.07. The summed E-state index contributed by atoms with van der Waals surface area (Å²) in [5.74, 6) is -0.343. The molecule has 4 nitrogen and oxygen atoms in total. The van der Waals surface area contributed by atoms with Gasteiger partial charge in [-0.25, -0.2) is 4.39 Å². The number of amides is 1. The maximum Gasteiger partial charge on any atom is 0.217 e. The third kappa shape index (κ3) is 3.47. The second kappa shape index (κ2) is 6.38. The first kappa shape index (κ1) is 14.3. The van der Waals surface area contributed by atoms with E-state index in [1.165, 1.54) is 6.07 Å². The normalized spacial score (nSPS) is 19.2. The number of carbonyl (C=O) groups excluding carboxylic acids is 1. The minimum absolute atomic E-state index is 0.270. The van der Waals surface area contributed by atoms with Gasteiger partial charge < -0.3 is 10.6 Å². The van der Waals surface area contributed by atoms with E-state index in [9.17, 15) is 9.18 Å². The summed E-state index contributed by atoms with van der Waals surface area (Å²) in [5, 5.41) is 8.75. The fourth-order valence-electron chi connectivity index (χ4n) is 2.73.